The molecule has 3 rings (SSSR count). The van der Waals surface area contributed by atoms with Gasteiger partial charge in [0.05, 0.1) is 31.9 Å². The molecular weight excluding hydrogens is 409 g/mol. The molecule has 2 aromatic rings. The summed E-state index contributed by atoms with van der Waals surface area (Å²) in [7, 11) is 1.38. The minimum Gasteiger partial charge on any atom is -0.504 e. The Bertz CT molecular complexity index is 929. The maximum absolute atomic E-state index is 13.1. The van der Waals surface area contributed by atoms with Gasteiger partial charge in [-0.15, -0.1) is 0 Å². The molecule has 2 N–H and O–H groups in total. The van der Waals surface area contributed by atoms with Gasteiger partial charge >= 0.3 is 0 Å². The number of benzene rings is 1. The van der Waals surface area contributed by atoms with Crippen LogP contribution < -0.4 is 5.32 Å². The number of nitrogens with one attached hydrogen (secondary N) is 1. The molecule has 0 aliphatic carbocycles. The van der Waals surface area contributed by atoms with Crippen molar-refractivity contribution < 1.29 is 33.3 Å². The first-order valence-corrected chi connectivity index (χ1v) is 9.71. The van der Waals surface area contributed by atoms with Gasteiger partial charge in [0, 0.05) is 13.0 Å². The monoisotopic (exact) mass is 433 g/mol. The van der Waals surface area contributed by atoms with Crippen molar-refractivity contribution in [1.82, 2.24) is 15.3 Å². The topological polar surface area (TPSA) is 120 Å². The van der Waals surface area contributed by atoms with E-state index in [0.29, 0.717) is 13.2 Å². The van der Waals surface area contributed by atoms with Crippen molar-refractivity contribution in [3.63, 3.8) is 0 Å². The highest BCUT2D eigenvalue weighted by molar-refractivity contribution is 5.97. The van der Waals surface area contributed by atoms with E-state index in [1.165, 1.54) is 19.2 Å². The third kappa shape index (κ3) is 6.03. The summed E-state index contributed by atoms with van der Waals surface area (Å²) in [6, 6.07) is 6.18. The molecule has 1 aromatic heterocycles. The van der Waals surface area contributed by atoms with E-state index in [4.69, 9.17) is 14.2 Å². The Kier molecular flexibility index (Phi) is 7.61. The van der Waals surface area contributed by atoms with Crippen LogP contribution in [0.4, 0.5) is 4.39 Å². The van der Waals surface area contributed by atoms with Crippen LogP contribution in [0.2, 0.25) is 0 Å². The molecule has 10 heteroatoms. The van der Waals surface area contributed by atoms with Crippen LogP contribution in [-0.2, 0) is 25.4 Å². The molecule has 166 valence electrons. The van der Waals surface area contributed by atoms with Crippen LogP contribution >= 0.6 is 0 Å². The van der Waals surface area contributed by atoms with Crippen LogP contribution in [0.25, 0.3) is 0 Å². The summed E-state index contributed by atoms with van der Waals surface area (Å²) in [4.78, 5) is 32.2. The fraction of sp³-hybridized carbons (Fsp3) is 0.429. The minimum atomic E-state index is -0.699. The van der Waals surface area contributed by atoms with E-state index in [2.05, 4.69) is 15.3 Å². The van der Waals surface area contributed by atoms with Crippen LogP contribution in [0.5, 0.6) is 5.75 Å². The van der Waals surface area contributed by atoms with E-state index in [0.717, 1.165) is 5.56 Å². The highest BCUT2D eigenvalue weighted by Crippen LogP contribution is 2.25. The molecule has 0 spiro atoms. The van der Waals surface area contributed by atoms with Gasteiger partial charge in [-0.25, -0.2) is 14.4 Å². The number of amides is 1. The molecule has 0 bridgehead atoms. The highest BCUT2D eigenvalue weighted by atomic mass is 19.1. The molecule has 0 radical (unpaired) electrons. The largest absolute Gasteiger partial charge is 0.504 e. The van der Waals surface area contributed by atoms with Crippen molar-refractivity contribution in [3.05, 3.63) is 52.9 Å². The summed E-state index contributed by atoms with van der Waals surface area (Å²) in [6.45, 7) is 1.92. The minimum absolute atomic E-state index is 0.0229. The zero-order chi connectivity index (χ0) is 22.4. The van der Waals surface area contributed by atoms with Gasteiger partial charge in [0.1, 0.15) is 18.2 Å². The number of carbonyl (C=O) groups excluding carboxylic acids is 2. The molecule has 0 saturated carbocycles. The first kappa shape index (κ1) is 22.7. The Balaban J connectivity index is 1.61. The lowest BCUT2D eigenvalue weighted by molar-refractivity contribution is -0.186. The van der Waals surface area contributed by atoms with Crippen molar-refractivity contribution in [2.24, 2.45) is 0 Å². The molecule has 1 aromatic carbocycles. The third-order valence-corrected chi connectivity index (χ3v) is 4.73. The van der Waals surface area contributed by atoms with E-state index in [1.54, 1.807) is 19.1 Å². The van der Waals surface area contributed by atoms with E-state index in [-0.39, 0.29) is 60.1 Å². The summed E-state index contributed by atoms with van der Waals surface area (Å²) in [5.41, 5.74) is 0.907. The van der Waals surface area contributed by atoms with Crippen LogP contribution in [0.1, 0.15) is 33.5 Å². The Labute approximate surface area is 178 Å². The van der Waals surface area contributed by atoms with E-state index in [1.807, 2.05) is 0 Å². The predicted molar refractivity (Wildman–Crippen MR) is 106 cm³/mol. The number of rotatable bonds is 8. The predicted octanol–water partition coefficient (Wildman–Crippen LogP) is 1.27. The Morgan fingerprint density at radius 2 is 1.90 bits per heavy atom. The molecule has 2 heterocycles. The smallest absolute Gasteiger partial charge is 0.274 e. The Hall–Kier alpha value is -2.95. The van der Waals surface area contributed by atoms with Gasteiger partial charge in [0.15, 0.2) is 23.5 Å². The summed E-state index contributed by atoms with van der Waals surface area (Å²) in [5.74, 6) is -1.44. The Morgan fingerprint density at radius 3 is 2.55 bits per heavy atom. The van der Waals surface area contributed by atoms with E-state index < -0.39 is 12.2 Å². The van der Waals surface area contributed by atoms with Gasteiger partial charge in [-0.2, -0.15) is 0 Å². The van der Waals surface area contributed by atoms with Crippen molar-refractivity contribution in [2.45, 2.75) is 25.6 Å². The van der Waals surface area contributed by atoms with Crippen LogP contribution in [-0.4, -0.2) is 66.5 Å². The number of hydrogen-bond acceptors (Lipinski definition) is 8. The number of aromatic hydroxyl groups is 1. The maximum Gasteiger partial charge on any atom is 0.274 e. The highest BCUT2D eigenvalue weighted by Gasteiger charge is 2.26. The summed E-state index contributed by atoms with van der Waals surface area (Å²) in [6.07, 6.45) is -0.458. The second-order valence-electron chi connectivity index (χ2n) is 7.13. The number of halogens is 1. The second-order valence-corrected chi connectivity index (χ2v) is 7.13. The zero-order valence-electron chi connectivity index (χ0n) is 17.3. The number of methoxy groups -OCH3 is 1. The number of hydrogen-bond donors (Lipinski definition) is 2. The number of carbonyl (C=O) groups is 2. The summed E-state index contributed by atoms with van der Waals surface area (Å²) < 4.78 is 29.3. The van der Waals surface area contributed by atoms with Gasteiger partial charge in [-0.05, 0) is 24.6 Å². The van der Waals surface area contributed by atoms with Crippen molar-refractivity contribution in [3.8, 4) is 5.75 Å². The van der Waals surface area contributed by atoms with Crippen LogP contribution in [0, 0.1) is 12.7 Å². The SMILES string of the molecule is COCC(=O)CNC(=O)c1nc(CC2OCC(c3ccc(F)cc3)CO2)nc(C)c1O. The average Bonchev–Trinajstić information content (AvgIpc) is 2.76. The molecule has 1 aliphatic heterocycles. The molecule has 1 amide bonds. The van der Waals surface area contributed by atoms with E-state index in [9.17, 15) is 19.1 Å². The first-order valence-electron chi connectivity index (χ1n) is 9.71. The number of aryl methyl sites for hydroxylation is 1. The quantitative estimate of drug-likeness (QED) is 0.639. The molecule has 9 nitrogen and oxygen atoms in total. The van der Waals surface area contributed by atoms with Crippen molar-refractivity contribution in [2.75, 3.05) is 33.5 Å². The van der Waals surface area contributed by atoms with E-state index >= 15 is 0 Å². The van der Waals surface area contributed by atoms with Gasteiger partial charge in [0.2, 0.25) is 0 Å². The molecule has 1 saturated heterocycles. The fourth-order valence-electron chi connectivity index (χ4n) is 3.09. The van der Waals surface area contributed by atoms with Gasteiger partial charge < -0.3 is 24.6 Å². The molecule has 31 heavy (non-hydrogen) atoms. The van der Waals surface area contributed by atoms with Gasteiger partial charge in [-0.3, -0.25) is 9.59 Å². The standard InChI is InChI=1S/C21H24FN3O6/c1-12-20(27)19(21(28)23-8-16(26)11-29-2)25-17(24-12)7-18-30-9-14(10-31-18)13-3-5-15(22)6-4-13/h3-6,14,18,27H,7-11H2,1-2H3,(H,23,28). The van der Waals surface area contributed by atoms with Crippen LogP contribution in [0.3, 0.4) is 0 Å². The number of Topliss-reactive ketones (excluding diaryl/α,β-unsaturated/α-hetero) is 1. The normalized spacial score (nSPS) is 18.5. The molecule has 1 fully saturated rings. The molecule has 0 unspecified atom stereocenters. The summed E-state index contributed by atoms with van der Waals surface area (Å²) in [5, 5.41) is 12.6. The lowest BCUT2D eigenvalue weighted by atomic mass is 10.0. The fourth-order valence-corrected chi connectivity index (χ4v) is 3.09. The Morgan fingerprint density at radius 1 is 1.23 bits per heavy atom. The number of ether oxygens (including phenoxy) is 3. The van der Waals surface area contributed by atoms with Crippen LogP contribution in [0.15, 0.2) is 24.3 Å². The lowest BCUT2D eigenvalue weighted by Gasteiger charge is -2.29. The first-order chi connectivity index (χ1) is 14.9. The van der Waals surface area contributed by atoms with Crippen molar-refractivity contribution >= 4 is 11.7 Å². The van der Waals surface area contributed by atoms with Crippen molar-refractivity contribution in [1.29, 1.82) is 0 Å². The number of aromatic nitrogens is 2. The van der Waals surface area contributed by atoms with Gasteiger partial charge in [0.25, 0.3) is 5.91 Å². The average molecular weight is 433 g/mol. The molecule has 0 atom stereocenters. The zero-order valence-corrected chi connectivity index (χ0v) is 17.3. The molecular formula is C21H24FN3O6. The second kappa shape index (κ2) is 10.4. The summed E-state index contributed by atoms with van der Waals surface area (Å²) >= 11 is 0. The third-order valence-electron chi connectivity index (χ3n) is 4.73. The lowest BCUT2D eigenvalue weighted by Crippen LogP contribution is -2.34. The number of nitrogens with zero attached hydrogens (tertiary/aromatic N) is 2. The molecule has 1 aliphatic rings. The number of ketones is 1. The van der Waals surface area contributed by atoms with Gasteiger partial charge in [-0.1, -0.05) is 12.1 Å². The maximum atomic E-state index is 13.1.